The van der Waals surface area contributed by atoms with Gasteiger partial charge < -0.3 is 15.0 Å². The first-order valence-corrected chi connectivity index (χ1v) is 9.99. The van der Waals surface area contributed by atoms with E-state index in [4.69, 9.17) is 0 Å². The monoisotopic (exact) mass is 450 g/mol. The van der Waals surface area contributed by atoms with Gasteiger partial charge >= 0.3 is 5.97 Å². The molecule has 150 valence electrons. The third-order valence-corrected chi connectivity index (χ3v) is 5.53. The lowest BCUT2D eigenvalue weighted by atomic mass is 9.83. The molecule has 0 radical (unpaired) electrons. The molecule has 2 N–H and O–H groups in total. The summed E-state index contributed by atoms with van der Waals surface area (Å²) < 4.78 is 16.5. The number of carbonyl (C=O) groups is 1. The number of anilines is 2. The summed E-state index contributed by atoms with van der Waals surface area (Å²) in [6.45, 7) is 8.49. The molecule has 28 heavy (non-hydrogen) atoms. The van der Waals surface area contributed by atoms with Crippen molar-refractivity contribution >= 4 is 33.3 Å². The zero-order chi connectivity index (χ0) is 20.8. The number of carboxylic acid groups (broad SMARTS) is 1. The number of rotatable bonds is 4. The van der Waals surface area contributed by atoms with Crippen LogP contribution in [0.3, 0.4) is 0 Å². The largest absolute Gasteiger partial charge is 0.478 e. The number of hydrogen-bond acceptors (Lipinski definition) is 3. The fraction of sp³-hybridized carbons (Fsp3) is 0.429. The molecule has 7 heteroatoms. The first kappa shape index (κ1) is 20.6. The third-order valence-electron chi connectivity index (χ3n) is 5.03. The van der Waals surface area contributed by atoms with Gasteiger partial charge in [-0.1, -0.05) is 36.7 Å². The molecule has 5 nitrogen and oxygen atoms in total. The lowest BCUT2D eigenvalue weighted by Gasteiger charge is -2.22. The first-order valence-electron chi connectivity index (χ1n) is 9.19. The maximum absolute atomic E-state index is 14.3. The molecule has 0 saturated carbocycles. The summed E-state index contributed by atoms with van der Waals surface area (Å²) in [5, 5.41) is 12.8. The van der Waals surface area contributed by atoms with Gasteiger partial charge in [-0.15, -0.1) is 0 Å². The molecule has 2 heterocycles. The SMILES string of the molecule is Cc1c(Nc2ccc(Br)cc2F)c(C(=O)O)c2n(c1=O)CC(CC(C)(C)C)C2. The van der Waals surface area contributed by atoms with Gasteiger partial charge in [-0.2, -0.15) is 0 Å². The molecule has 1 aromatic carbocycles. The van der Waals surface area contributed by atoms with Crippen LogP contribution in [0.2, 0.25) is 0 Å². The second-order valence-electron chi connectivity index (χ2n) is 8.63. The molecule has 0 saturated heterocycles. The predicted molar refractivity (Wildman–Crippen MR) is 111 cm³/mol. The summed E-state index contributed by atoms with van der Waals surface area (Å²) in [7, 11) is 0. The van der Waals surface area contributed by atoms with Gasteiger partial charge in [-0.3, -0.25) is 4.79 Å². The van der Waals surface area contributed by atoms with Crippen molar-refractivity contribution in [1.29, 1.82) is 0 Å². The van der Waals surface area contributed by atoms with Crippen LogP contribution in [0.5, 0.6) is 0 Å². The van der Waals surface area contributed by atoms with Crippen LogP contribution in [0.4, 0.5) is 15.8 Å². The van der Waals surface area contributed by atoms with Crippen molar-refractivity contribution in [2.75, 3.05) is 5.32 Å². The number of benzene rings is 1. The van der Waals surface area contributed by atoms with Gasteiger partial charge in [0.25, 0.3) is 5.56 Å². The van der Waals surface area contributed by atoms with E-state index in [0.29, 0.717) is 23.1 Å². The van der Waals surface area contributed by atoms with Crippen LogP contribution in [0.1, 0.15) is 48.8 Å². The Balaban J connectivity index is 2.11. The predicted octanol–water partition coefficient (Wildman–Crippen LogP) is 5.11. The van der Waals surface area contributed by atoms with Crippen molar-refractivity contribution in [3.8, 4) is 0 Å². The van der Waals surface area contributed by atoms with Crippen molar-refractivity contribution in [3.05, 3.63) is 55.7 Å². The van der Waals surface area contributed by atoms with Crippen molar-refractivity contribution in [3.63, 3.8) is 0 Å². The maximum atomic E-state index is 14.3. The summed E-state index contributed by atoms with van der Waals surface area (Å²) in [6, 6.07) is 4.45. The first-order chi connectivity index (χ1) is 13.0. The minimum Gasteiger partial charge on any atom is -0.478 e. The Labute approximate surface area is 171 Å². The van der Waals surface area contributed by atoms with Crippen molar-refractivity contribution < 1.29 is 14.3 Å². The topological polar surface area (TPSA) is 71.3 Å². The lowest BCUT2D eigenvalue weighted by Crippen LogP contribution is -2.27. The quantitative estimate of drug-likeness (QED) is 0.678. The van der Waals surface area contributed by atoms with E-state index in [-0.39, 0.29) is 39.4 Å². The van der Waals surface area contributed by atoms with Crippen LogP contribution in [-0.2, 0) is 13.0 Å². The van der Waals surface area contributed by atoms with Crippen molar-refractivity contribution in [1.82, 2.24) is 4.57 Å². The third kappa shape index (κ3) is 3.99. The lowest BCUT2D eigenvalue weighted by molar-refractivity contribution is 0.0696. The van der Waals surface area contributed by atoms with E-state index in [9.17, 15) is 19.1 Å². The molecule has 0 spiro atoms. The summed E-state index contributed by atoms with van der Waals surface area (Å²) in [5.41, 5.74) is 0.990. The molecule has 2 aromatic rings. The highest BCUT2D eigenvalue weighted by Crippen LogP contribution is 2.36. The number of aromatic carboxylic acids is 1. The molecule has 0 fully saturated rings. The van der Waals surface area contributed by atoms with Crippen LogP contribution in [0.25, 0.3) is 0 Å². The summed E-state index contributed by atoms with van der Waals surface area (Å²) in [6.07, 6.45) is 1.41. The molecule has 0 aliphatic carbocycles. The number of halogens is 2. The Morgan fingerprint density at radius 2 is 2.07 bits per heavy atom. The van der Waals surface area contributed by atoms with E-state index in [2.05, 4.69) is 42.0 Å². The van der Waals surface area contributed by atoms with Crippen LogP contribution < -0.4 is 10.9 Å². The smallest absolute Gasteiger partial charge is 0.339 e. The fourth-order valence-corrected chi connectivity index (χ4v) is 4.35. The average molecular weight is 451 g/mol. The van der Waals surface area contributed by atoms with Crippen LogP contribution in [-0.4, -0.2) is 15.6 Å². The minimum absolute atomic E-state index is 0.0517. The normalized spacial score (nSPS) is 16.1. The van der Waals surface area contributed by atoms with Crippen LogP contribution in [0.15, 0.2) is 27.5 Å². The molecule has 1 atom stereocenters. The second kappa shape index (κ2) is 7.35. The van der Waals surface area contributed by atoms with Gasteiger partial charge in [-0.25, -0.2) is 9.18 Å². The van der Waals surface area contributed by atoms with E-state index in [1.54, 1.807) is 17.6 Å². The van der Waals surface area contributed by atoms with Crippen molar-refractivity contribution in [2.45, 2.75) is 47.1 Å². The highest BCUT2D eigenvalue weighted by Gasteiger charge is 2.33. The molecule has 1 aromatic heterocycles. The van der Waals surface area contributed by atoms with E-state index in [0.717, 1.165) is 6.42 Å². The number of aromatic nitrogens is 1. The van der Waals surface area contributed by atoms with E-state index >= 15 is 0 Å². The van der Waals surface area contributed by atoms with Gasteiger partial charge in [-0.05, 0) is 49.3 Å². The zero-order valence-corrected chi connectivity index (χ0v) is 18.0. The van der Waals surface area contributed by atoms with Gasteiger partial charge in [0.15, 0.2) is 0 Å². The fourth-order valence-electron chi connectivity index (χ4n) is 4.02. The standard InChI is InChI=1S/C21H24BrFN2O3/c1-11-18(24-15-6-5-13(22)8-14(15)23)17(20(27)28)16-7-12(9-21(2,3)4)10-25(16)19(11)26/h5-6,8,12,24H,7,9-10H2,1-4H3,(H,27,28). The number of nitrogens with one attached hydrogen (secondary N) is 1. The second-order valence-corrected chi connectivity index (χ2v) is 9.54. The average Bonchev–Trinajstić information content (AvgIpc) is 2.95. The summed E-state index contributed by atoms with van der Waals surface area (Å²) in [4.78, 5) is 25.0. The molecule has 3 rings (SSSR count). The Hall–Kier alpha value is -2.15. The van der Waals surface area contributed by atoms with Gasteiger partial charge in [0.05, 0.1) is 11.4 Å². The molecule has 1 aliphatic heterocycles. The number of pyridine rings is 1. The Morgan fingerprint density at radius 3 is 2.64 bits per heavy atom. The highest BCUT2D eigenvalue weighted by atomic mass is 79.9. The van der Waals surface area contributed by atoms with Gasteiger partial charge in [0.2, 0.25) is 0 Å². The number of nitrogens with zero attached hydrogens (tertiary/aromatic N) is 1. The maximum Gasteiger partial charge on any atom is 0.339 e. The molecule has 1 unspecified atom stereocenters. The van der Waals surface area contributed by atoms with Crippen LogP contribution in [0, 0.1) is 24.1 Å². The number of hydrogen-bond donors (Lipinski definition) is 2. The molecule has 1 aliphatic rings. The molecule has 0 bridgehead atoms. The molecular formula is C21H24BrFN2O3. The van der Waals surface area contributed by atoms with Crippen LogP contribution >= 0.6 is 15.9 Å². The number of fused-ring (bicyclic) bond motifs is 1. The van der Waals surface area contributed by atoms with Gasteiger partial charge in [0.1, 0.15) is 11.4 Å². The Kier molecular flexibility index (Phi) is 5.40. The van der Waals surface area contributed by atoms with E-state index < -0.39 is 11.8 Å². The molecule has 0 amide bonds. The Bertz CT molecular complexity index is 1010. The van der Waals surface area contributed by atoms with Crippen molar-refractivity contribution in [2.24, 2.45) is 11.3 Å². The van der Waals surface area contributed by atoms with E-state index in [1.807, 2.05) is 0 Å². The van der Waals surface area contributed by atoms with Gasteiger partial charge in [0, 0.05) is 22.3 Å². The summed E-state index contributed by atoms with van der Waals surface area (Å²) >= 11 is 3.20. The van der Waals surface area contributed by atoms with E-state index in [1.165, 1.54) is 12.1 Å². The highest BCUT2D eigenvalue weighted by molar-refractivity contribution is 9.10. The minimum atomic E-state index is -1.12. The number of carboxylic acids is 1. The molecular weight excluding hydrogens is 427 g/mol. The summed E-state index contributed by atoms with van der Waals surface area (Å²) in [5.74, 6) is -1.45. The zero-order valence-electron chi connectivity index (χ0n) is 16.4. The Morgan fingerprint density at radius 1 is 1.39 bits per heavy atom.